The van der Waals surface area contributed by atoms with Gasteiger partial charge in [-0.15, -0.1) is 10.2 Å². The highest BCUT2D eigenvalue weighted by Crippen LogP contribution is 2.30. The van der Waals surface area contributed by atoms with E-state index in [-0.39, 0.29) is 12.5 Å². The largest absolute Gasteiger partial charge is 0.497 e. The maximum atomic E-state index is 12.9. The predicted octanol–water partition coefficient (Wildman–Crippen LogP) is 3.91. The van der Waals surface area contributed by atoms with Gasteiger partial charge in [0.15, 0.2) is 0 Å². The van der Waals surface area contributed by atoms with Crippen molar-refractivity contribution in [2.24, 2.45) is 0 Å². The van der Waals surface area contributed by atoms with Crippen molar-refractivity contribution in [2.45, 2.75) is 19.9 Å². The van der Waals surface area contributed by atoms with Crippen LogP contribution in [0.5, 0.6) is 11.5 Å². The minimum absolute atomic E-state index is 0.0713. The van der Waals surface area contributed by atoms with E-state index in [0.29, 0.717) is 41.1 Å². The predicted molar refractivity (Wildman–Crippen MR) is 113 cm³/mol. The van der Waals surface area contributed by atoms with Gasteiger partial charge in [0.05, 0.1) is 19.9 Å². The van der Waals surface area contributed by atoms with Gasteiger partial charge >= 0.3 is 0 Å². The second-order valence-corrected chi connectivity index (χ2v) is 6.64. The summed E-state index contributed by atoms with van der Waals surface area (Å²) in [6, 6.07) is 15.0. The molecule has 4 aromatic rings. The average Bonchev–Trinajstić information content (AvgIpc) is 3.39. The molecule has 0 spiro atoms. The number of fused-ring (bicyclic) bond motifs is 1. The summed E-state index contributed by atoms with van der Waals surface area (Å²) in [6.07, 6.45) is 0.644. The zero-order chi connectivity index (χ0) is 21.1. The molecule has 0 saturated carbocycles. The number of carbonyl (C=O) groups is 1. The molecule has 0 bridgehead atoms. The molecular formula is C22H22N4O4. The van der Waals surface area contributed by atoms with Crippen LogP contribution in [0.3, 0.4) is 0 Å². The van der Waals surface area contributed by atoms with Crippen molar-refractivity contribution in [3.05, 3.63) is 54.4 Å². The van der Waals surface area contributed by atoms with Gasteiger partial charge in [0.2, 0.25) is 11.8 Å². The molecule has 0 saturated heterocycles. The first-order chi connectivity index (χ1) is 14.6. The van der Waals surface area contributed by atoms with Gasteiger partial charge in [-0.05, 0) is 24.3 Å². The Bertz CT molecular complexity index is 1200. The molecule has 0 aliphatic rings. The monoisotopic (exact) mass is 406 g/mol. The van der Waals surface area contributed by atoms with E-state index in [0.717, 1.165) is 10.9 Å². The molecule has 0 radical (unpaired) electrons. The molecule has 154 valence electrons. The number of ether oxygens (including phenoxy) is 2. The Balaban J connectivity index is 1.66. The lowest BCUT2D eigenvalue weighted by molar-refractivity contribution is -0.116. The summed E-state index contributed by atoms with van der Waals surface area (Å²) in [5.74, 6) is 1.89. The first kappa shape index (κ1) is 19.5. The quantitative estimate of drug-likeness (QED) is 0.500. The van der Waals surface area contributed by atoms with E-state index < -0.39 is 0 Å². The van der Waals surface area contributed by atoms with Crippen LogP contribution in [0.15, 0.2) is 52.9 Å². The SMILES string of the molecule is CCc1nnc(-c2cc3ccccc3n2CC(=O)Nc2ccc(OC)cc2OC)o1. The topological polar surface area (TPSA) is 91.4 Å². The van der Waals surface area contributed by atoms with Crippen LogP contribution in [0.25, 0.3) is 22.5 Å². The van der Waals surface area contributed by atoms with Gasteiger partial charge in [-0.3, -0.25) is 4.79 Å². The number of amides is 1. The molecule has 0 aliphatic heterocycles. The standard InChI is InChI=1S/C22H22N4O4/c1-4-21-24-25-22(30-21)18-11-14-7-5-6-8-17(14)26(18)13-20(27)23-16-10-9-15(28-2)12-19(16)29-3/h5-12H,4,13H2,1-3H3,(H,23,27). The lowest BCUT2D eigenvalue weighted by atomic mass is 10.2. The zero-order valence-corrected chi connectivity index (χ0v) is 17.0. The number of hydrogen-bond donors (Lipinski definition) is 1. The molecule has 0 atom stereocenters. The van der Waals surface area contributed by atoms with Crippen molar-refractivity contribution in [2.75, 3.05) is 19.5 Å². The summed E-state index contributed by atoms with van der Waals surface area (Å²) >= 11 is 0. The minimum Gasteiger partial charge on any atom is -0.497 e. The third-order valence-electron chi connectivity index (χ3n) is 4.78. The van der Waals surface area contributed by atoms with Gasteiger partial charge in [-0.25, -0.2) is 0 Å². The minimum atomic E-state index is -0.212. The Morgan fingerprint density at radius 3 is 2.67 bits per heavy atom. The van der Waals surface area contributed by atoms with Crippen molar-refractivity contribution >= 4 is 22.5 Å². The van der Waals surface area contributed by atoms with Gasteiger partial charge in [0.25, 0.3) is 5.89 Å². The van der Waals surface area contributed by atoms with E-state index >= 15 is 0 Å². The van der Waals surface area contributed by atoms with Gasteiger partial charge in [0.1, 0.15) is 23.7 Å². The molecule has 4 rings (SSSR count). The molecule has 1 N–H and O–H groups in total. The number of nitrogens with zero attached hydrogens (tertiary/aromatic N) is 3. The van der Waals surface area contributed by atoms with Crippen molar-refractivity contribution < 1.29 is 18.7 Å². The Labute approximate surface area is 173 Å². The van der Waals surface area contributed by atoms with Crippen molar-refractivity contribution in [1.29, 1.82) is 0 Å². The molecule has 0 fully saturated rings. The highest BCUT2D eigenvalue weighted by Gasteiger charge is 2.18. The Morgan fingerprint density at radius 1 is 1.10 bits per heavy atom. The van der Waals surface area contributed by atoms with Gasteiger partial charge < -0.3 is 23.8 Å². The Morgan fingerprint density at radius 2 is 1.93 bits per heavy atom. The van der Waals surface area contributed by atoms with Gasteiger partial charge in [-0.2, -0.15) is 0 Å². The van der Waals surface area contributed by atoms with Crippen molar-refractivity contribution in [3.8, 4) is 23.1 Å². The van der Waals surface area contributed by atoms with Gasteiger partial charge in [0, 0.05) is 23.4 Å². The Hall–Kier alpha value is -3.81. The summed E-state index contributed by atoms with van der Waals surface area (Å²) in [4.78, 5) is 12.9. The number of aryl methyl sites for hydroxylation is 1. The zero-order valence-electron chi connectivity index (χ0n) is 17.0. The lowest BCUT2D eigenvalue weighted by Crippen LogP contribution is -2.19. The number of anilines is 1. The van der Waals surface area contributed by atoms with Gasteiger partial charge in [-0.1, -0.05) is 25.1 Å². The molecule has 0 aliphatic carbocycles. The number of carbonyl (C=O) groups excluding carboxylic acids is 1. The molecule has 0 unspecified atom stereocenters. The number of hydrogen-bond acceptors (Lipinski definition) is 6. The molecule has 8 nitrogen and oxygen atoms in total. The van der Waals surface area contributed by atoms with Crippen LogP contribution in [0.2, 0.25) is 0 Å². The van der Waals surface area contributed by atoms with E-state index in [1.54, 1.807) is 32.4 Å². The van der Waals surface area contributed by atoms with Crippen LogP contribution >= 0.6 is 0 Å². The van der Waals surface area contributed by atoms with E-state index in [1.807, 2.05) is 41.8 Å². The first-order valence-electron chi connectivity index (χ1n) is 9.55. The second kappa shape index (κ2) is 8.28. The smallest absolute Gasteiger partial charge is 0.264 e. The third-order valence-corrected chi connectivity index (χ3v) is 4.78. The van der Waals surface area contributed by atoms with Crippen LogP contribution in [0.4, 0.5) is 5.69 Å². The van der Waals surface area contributed by atoms with E-state index in [2.05, 4.69) is 15.5 Å². The summed E-state index contributed by atoms with van der Waals surface area (Å²) < 4.78 is 18.2. The Kier molecular flexibility index (Phi) is 5.38. The van der Waals surface area contributed by atoms with E-state index in [9.17, 15) is 4.79 Å². The second-order valence-electron chi connectivity index (χ2n) is 6.64. The summed E-state index contributed by atoms with van der Waals surface area (Å²) in [7, 11) is 3.12. The maximum Gasteiger partial charge on any atom is 0.264 e. The average molecular weight is 406 g/mol. The van der Waals surface area contributed by atoms with Crippen LogP contribution < -0.4 is 14.8 Å². The highest BCUT2D eigenvalue weighted by atomic mass is 16.5. The fraction of sp³-hybridized carbons (Fsp3) is 0.227. The summed E-state index contributed by atoms with van der Waals surface area (Å²) in [6.45, 7) is 2.02. The van der Waals surface area contributed by atoms with Crippen LogP contribution in [0, 0.1) is 0 Å². The first-order valence-corrected chi connectivity index (χ1v) is 9.55. The summed E-state index contributed by atoms with van der Waals surface area (Å²) in [5, 5.41) is 12.1. The molecule has 2 aromatic heterocycles. The number of aromatic nitrogens is 3. The number of rotatable bonds is 7. The maximum absolute atomic E-state index is 12.9. The fourth-order valence-electron chi connectivity index (χ4n) is 3.29. The highest BCUT2D eigenvalue weighted by molar-refractivity contribution is 5.94. The van der Waals surface area contributed by atoms with Crippen molar-refractivity contribution in [1.82, 2.24) is 14.8 Å². The van der Waals surface area contributed by atoms with E-state index in [1.165, 1.54) is 0 Å². The molecular weight excluding hydrogens is 384 g/mol. The van der Waals surface area contributed by atoms with Crippen LogP contribution in [0.1, 0.15) is 12.8 Å². The summed E-state index contributed by atoms with van der Waals surface area (Å²) in [5.41, 5.74) is 2.16. The molecule has 1 amide bonds. The number of benzene rings is 2. The fourth-order valence-corrected chi connectivity index (χ4v) is 3.29. The van der Waals surface area contributed by atoms with Crippen LogP contribution in [-0.4, -0.2) is 34.9 Å². The molecule has 2 heterocycles. The number of methoxy groups -OCH3 is 2. The number of para-hydroxylation sites is 1. The molecule has 2 aromatic carbocycles. The van der Waals surface area contributed by atoms with E-state index in [4.69, 9.17) is 13.9 Å². The normalized spacial score (nSPS) is 10.9. The number of nitrogens with one attached hydrogen (secondary N) is 1. The third kappa shape index (κ3) is 3.71. The molecule has 8 heteroatoms. The van der Waals surface area contributed by atoms with Crippen LogP contribution in [-0.2, 0) is 17.8 Å². The van der Waals surface area contributed by atoms with Crippen molar-refractivity contribution in [3.63, 3.8) is 0 Å². The lowest BCUT2D eigenvalue weighted by Gasteiger charge is -2.13. The molecule has 30 heavy (non-hydrogen) atoms.